The van der Waals surface area contributed by atoms with Crippen molar-refractivity contribution in [3.05, 3.63) is 94.7 Å². The first-order chi connectivity index (χ1) is 16.6. The lowest BCUT2D eigenvalue weighted by molar-refractivity contribution is 0.412. The predicted molar refractivity (Wildman–Crippen MR) is 129 cm³/mol. The van der Waals surface area contributed by atoms with Gasteiger partial charge in [-0.05, 0) is 54.6 Å². The molecule has 0 saturated heterocycles. The summed E-state index contributed by atoms with van der Waals surface area (Å²) in [6, 6.07) is 21.9. The minimum Gasteiger partial charge on any atom is -0.497 e. The number of hydrogen-bond acceptors (Lipinski definition) is 6. The van der Waals surface area contributed by atoms with Gasteiger partial charge in [-0.2, -0.15) is 10.2 Å². The van der Waals surface area contributed by atoms with E-state index in [0.717, 1.165) is 11.0 Å². The van der Waals surface area contributed by atoms with E-state index in [0.29, 0.717) is 23.0 Å². The van der Waals surface area contributed by atoms with Gasteiger partial charge < -0.3 is 14.0 Å². The Kier molecular flexibility index (Phi) is 5.28. The largest absolute Gasteiger partial charge is 0.497 e. The summed E-state index contributed by atoms with van der Waals surface area (Å²) in [6.07, 6.45) is 3.11. The Morgan fingerprint density at radius 2 is 1.74 bits per heavy atom. The summed E-state index contributed by atoms with van der Waals surface area (Å²) in [4.78, 5) is 22.6. The zero-order valence-corrected chi connectivity index (χ0v) is 18.5. The molecule has 0 aliphatic rings. The Morgan fingerprint density at radius 3 is 2.47 bits per heavy atom. The van der Waals surface area contributed by atoms with Crippen molar-refractivity contribution in [3.8, 4) is 23.4 Å². The van der Waals surface area contributed by atoms with Crippen LogP contribution in [0.3, 0.4) is 0 Å². The van der Waals surface area contributed by atoms with E-state index in [4.69, 9.17) is 9.47 Å². The van der Waals surface area contributed by atoms with Gasteiger partial charge in [0.05, 0.1) is 23.7 Å². The summed E-state index contributed by atoms with van der Waals surface area (Å²) in [5, 5.41) is 9.98. The van der Waals surface area contributed by atoms with Crippen molar-refractivity contribution in [2.75, 3.05) is 7.11 Å². The van der Waals surface area contributed by atoms with Crippen LogP contribution >= 0.6 is 0 Å². The van der Waals surface area contributed by atoms with Gasteiger partial charge in [-0.3, -0.25) is 9.20 Å². The molecule has 8 heteroatoms. The fourth-order valence-electron chi connectivity index (χ4n) is 3.72. The normalized spacial score (nSPS) is 11.5. The molecule has 0 saturated carbocycles. The van der Waals surface area contributed by atoms with E-state index < -0.39 is 0 Å². The molecule has 0 N–H and O–H groups in total. The first-order valence-electron chi connectivity index (χ1n) is 10.5. The van der Waals surface area contributed by atoms with Crippen LogP contribution in [0.2, 0.25) is 0 Å². The zero-order valence-electron chi connectivity index (χ0n) is 18.5. The summed E-state index contributed by atoms with van der Waals surface area (Å²) in [5.41, 5.74) is 2.05. The number of rotatable bonds is 5. The Bertz CT molecular complexity index is 1660. The van der Waals surface area contributed by atoms with Gasteiger partial charge in [0.15, 0.2) is 5.82 Å². The number of imidazole rings is 1. The number of para-hydroxylation sites is 2. The zero-order chi connectivity index (χ0) is 23.7. The van der Waals surface area contributed by atoms with Gasteiger partial charge in [0.25, 0.3) is 5.56 Å². The number of allylic oxidation sites excluding steroid dienone is 1. The number of aromatic nitrogens is 4. The molecular weight excluding hydrogens is 430 g/mol. The van der Waals surface area contributed by atoms with Crippen LogP contribution in [-0.2, 0) is 7.05 Å². The molecule has 0 unspecified atom stereocenters. The second kappa shape index (κ2) is 8.56. The van der Waals surface area contributed by atoms with Crippen molar-refractivity contribution in [1.82, 2.24) is 18.9 Å². The second-order valence-electron chi connectivity index (χ2n) is 7.50. The summed E-state index contributed by atoms with van der Waals surface area (Å²) < 4.78 is 14.4. The van der Waals surface area contributed by atoms with Crippen LogP contribution < -0.4 is 15.0 Å². The highest BCUT2D eigenvalue weighted by Crippen LogP contribution is 2.28. The molecule has 0 fully saturated rings. The van der Waals surface area contributed by atoms with Gasteiger partial charge in [0.1, 0.15) is 28.8 Å². The maximum atomic E-state index is 13.4. The number of aryl methyl sites for hydroxylation is 1. The highest BCUT2D eigenvalue weighted by Gasteiger charge is 2.18. The number of benzene rings is 2. The molecule has 166 valence electrons. The van der Waals surface area contributed by atoms with Crippen LogP contribution in [0.5, 0.6) is 17.4 Å². The number of nitrogens with zero attached hydrogens (tertiary/aromatic N) is 5. The number of nitriles is 1. The Balaban J connectivity index is 1.70. The number of fused-ring (bicyclic) bond motifs is 2. The summed E-state index contributed by atoms with van der Waals surface area (Å²) >= 11 is 0. The third-order valence-corrected chi connectivity index (χ3v) is 5.45. The molecule has 34 heavy (non-hydrogen) atoms. The predicted octanol–water partition coefficient (Wildman–Crippen LogP) is 4.45. The third-order valence-electron chi connectivity index (χ3n) is 5.45. The lowest BCUT2D eigenvalue weighted by atomic mass is 10.1. The number of ether oxygens (including phenoxy) is 2. The van der Waals surface area contributed by atoms with Crippen LogP contribution in [0.1, 0.15) is 11.4 Å². The summed E-state index contributed by atoms with van der Waals surface area (Å²) in [6.45, 7) is 0. The lowest BCUT2D eigenvalue weighted by Gasteiger charge is -2.11. The van der Waals surface area contributed by atoms with Gasteiger partial charge in [-0.15, -0.1) is 0 Å². The molecule has 0 spiro atoms. The lowest BCUT2D eigenvalue weighted by Crippen LogP contribution is -2.18. The summed E-state index contributed by atoms with van der Waals surface area (Å²) in [7, 11) is 3.41. The van der Waals surface area contributed by atoms with Crippen LogP contribution in [0.15, 0.2) is 77.7 Å². The van der Waals surface area contributed by atoms with E-state index in [1.807, 2.05) is 35.9 Å². The first-order valence-corrected chi connectivity index (χ1v) is 10.5. The van der Waals surface area contributed by atoms with Crippen molar-refractivity contribution in [3.63, 3.8) is 0 Å². The second-order valence-corrected chi connectivity index (χ2v) is 7.50. The molecule has 5 aromatic rings. The molecule has 3 aromatic heterocycles. The smallest absolute Gasteiger partial charge is 0.269 e. The van der Waals surface area contributed by atoms with Gasteiger partial charge in [0, 0.05) is 13.2 Å². The molecule has 2 aromatic carbocycles. The molecule has 0 radical (unpaired) electrons. The Labute approximate surface area is 194 Å². The number of hydrogen-bond donors (Lipinski definition) is 0. The van der Waals surface area contributed by atoms with Gasteiger partial charge in [0.2, 0.25) is 5.88 Å². The van der Waals surface area contributed by atoms with Crippen molar-refractivity contribution < 1.29 is 9.47 Å². The van der Waals surface area contributed by atoms with Crippen molar-refractivity contribution in [2.45, 2.75) is 0 Å². The fourth-order valence-corrected chi connectivity index (χ4v) is 3.72. The minimum absolute atomic E-state index is 0.0906. The number of methoxy groups -OCH3 is 1. The van der Waals surface area contributed by atoms with Gasteiger partial charge in [-0.25, -0.2) is 4.98 Å². The highest BCUT2D eigenvalue weighted by molar-refractivity contribution is 5.91. The highest BCUT2D eigenvalue weighted by atomic mass is 16.5. The molecule has 3 heterocycles. The van der Waals surface area contributed by atoms with E-state index in [1.54, 1.807) is 55.8 Å². The Morgan fingerprint density at radius 1 is 1.00 bits per heavy atom. The standard InChI is InChI=1S/C26H19N5O3/c1-30-22-8-4-3-7-21(22)28-24(30)17(16-27)15-20-25(34-19-12-10-18(33-2)11-13-19)29-23-9-5-6-14-31(23)26(20)32/h3-15H,1-2H3/b17-15+. The quantitative estimate of drug-likeness (QED) is 0.368. The molecule has 0 amide bonds. The molecule has 5 rings (SSSR count). The van der Waals surface area contributed by atoms with Crippen LogP contribution in [0, 0.1) is 11.3 Å². The van der Waals surface area contributed by atoms with Crippen molar-refractivity contribution in [2.24, 2.45) is 7.05 Å². The van der Waals surface area contributed by atoms with Crippen LogP contribution in [0.4, 0.5) is 0 Å². The topological polar surface area (TPSA) is 94.4 Å². The number of pyridine rings is 1. The minimum atomic E-state index is -0.361. The van der Waals surface area contributed by atoms with E-state index in [1.165, 1.54) is 10.5 Å². The van der Waals surface area contributed by atoms with Gasteiger partial charge >= 0.3 is 0 Å². The average Bonchev–Trinajstić information content (AvgIpc) is 3.21. The molecule has 0 aliphatic heterocycles. The molecule has 0 aliphatic carbocycles. The average molecular weight is 449 g/mol. The SMILES string of the molecule is COc1ccc(Oc2nc3ccccn3c(=O)c2/C=C(\C#N)c2nc3ccccc3n2C)cc1. The van der Waals surface area contributed by atoms with Crippen molar-refractivity contribution >= 4 is 28.3 Å². The van der Waals surface area contributed by atoms with Crippen molar-refractivity contribution in [1.29, 1.82) is 5.26 Å². The monoisotopic (exact) mass is 449 g/mol. The van der Waals surface area contributed by atoms with Gasteiger partial charge in [-0.1, -0.05) is 18.2 Å². The molecule has 0 bridgehead atoms. The molecular formula is C26H19N5O3. The fraction of sp³-hybridized carbons (Fsp3) is 0.0769. The van der Waals surface area contributed by atoms with E-state index in [-0.39, 0.29) is 22.6 Å². The third kappa shape index (κ3) is 3.65. The van der Waals surface area contributed by atoms with E-state index in [2.05, 4.69) is 16.0 Å². The van der Waals surface area contributed by atoms with Crippen LogP contribution in [-0.4, -0.2) is 26.0 Å². The molecule has 0 atom stereocenters. The maximum absolute atomic E-state index is 13.4. The Hall–Kier alpha value is -4.90. The van der Waals surface area contributed by atoms with E-state index >= 15 is 0 Å². The summed E-state index contributed by atoms with van der Waals surface area (Å²) in [5.74, 6) is 1.68. The molecule has 8 nitrogen and oxygen atoms in total. The first kappa shape index (κ1) is 21.0. The maximum Gasteiger partial charge on any atom is 0.269 e. The van der Waals surface area contributed by atoms with E-state index in [9.17, 15) is 10.1 Å². The van der Waals surface area contributed by atoms with Crippen LogP contribution in [0.25, 0.3) is 28.3 Å².